The van der Waals surface area contributed by atoms with Crippen molar-refractivity contribution in [1.29, 1.82) is 0 Å². The molecule has 180 valence electrons. The van der Waals surface area contributed by atoms with Crippen LogP contribution in [-0.2, 0) is 20.9 Å². The van der Waals surface area contributed by atoms with Crippen molar-refractivity contribution in [3.8, 4) is 0 Å². The molecule has 0 bridgehead atoms. The molecule has 0 saturated carbocycles. The Balaban J connectivity index is 1.78. The molecule has 33 heavy (non-hydrogen) atoms. The van der Waals surface area contributed by atoms with Crippen molar-refractivity contribution >= 4 is 27.4 Å². The minimum absolute atomic E-state index is 0.154. The lowest BCUT2D eigenvalue weighted by Gasteiger charge is -2.26. The fourth-order valence-corrected chi connectivity index (χ4v) is 4.60. The summed E-state index contributed by atoms with van der Waals surface area (Å²) < 4.78 is 72.3. The highest BCUT2D eigenvalue weighted by Gasteiger charge is 2.31. The van der Waals surface area contributed by atoms with E-state index in [-0.39, 0.29) is 21.8 Å². The van der Waals surface area contributed by atoms with Crippen LogP contribution in [0.25, 0.3) is 0 Å². The van der Waals surface area contributed by atoms with Gasteiger partial charge in [-0.2, -0.15) is 13.2 Å². The average Bonchev–Trinajstić information content (AvgIpc) is 2.76. The van der Waals surface area contributed by atoms with Gasteiger partial charge in [0, 0.05) is 25.3 Å². The van der Waals surface area contributed by atoms with Crippen LogP contribution in [0.1, 0.15) is 22.3 Å². The van der Waals surface area contributed by atoms with E-state index in [4.69, 9.17) is 4.74 Å². The van der Waals surface area contributed by atoms with Crippen LogP contribution in [-0.4, -0.2) is 63.8 Å². The van der Waals surface area contributed by atoms with E-state index in [1.165, 1.54) is 18.2 Å². The van der Waals surface area contributed by atoms with Crippen molar-refractivity contribution in [1.82, 2.24) is 4.90 Å². The van der Waals surface area contributed by atoms with E-state index in [1.807, 2.05) is 0 Å². The average molecular weight is 488 g/mol. The fourth-order valence-electron chi connectivity index (χ4n) is 3.34. The second kappa shape index (κ2) is 10.4. The van der Waals surface area contributed by atoms with Crippen molar-refractivity contribution in [2.75, 3.05) is 49.4 Å². The Labute approximate surface area is 189 Å². The number of aromatic carboxylic acids is 1. The van der Waals surface area contributed by atoms with E-state index >= 15 is 0 Å². The molecule has 1 aliphatic rings. The summed E-state index contributed by atoms with van der Waals surface area (Å²) in [4.78, 5) is 13.2. The summed E-state index contributed by atoms with van der Waals surface area (Å²) in [6.07, 6.45) is -3.95. The fraction of sp³-hybridized carbons (Fsp3) is 0.381. The predicted octanol–water partition coefficient (Wildman–Crippen LogP) is 3.34. The first-order valence-electron chi connectivity index (χ1n) is 10.2. The van der Waals surface area contributed by atoms with Crippen LogP contribution in [0.4, 0.5) is 24.5 Å². The second-order valence-electron chi connectivity index (χ2n) is 7.43. The Bertz CT molecular complexity index is 1090. The van der Waals surface area contributed by atoms with Crippen molar-refractivity contribution < 1.29 is 36.2 Å². The van der Waals surface area contributed by atoms with Gasteiger partial charge in [-0.1, -0.05) is 6.07 Å². The summed E-state index contributed by atoms with van der Waals surface area (Å²) in [7, 11) is -4.39. The Morgan fingerprint density at radius 2 is 1.85 bits per heavy atom. The molecule has 0 amide bonds. The van der Waals surface area contributed by atoms with Gasteiger partial charge in [0.15, 0.2) is 0 Å². The Kier molecular flexibility index (Phi) is 7.82. The predicted molar refractivity (Wildman–Crippen MR) is 116 cm³/mol. The third-order valence-corrected chi connectivity index (χ3v) is 6.45. The van der Waals surface area contributed by atoms with E-state index in [1.54, 1.807) is 0 Å². The summed E-state index contributed by atoms with van der Waals surface area (Å²) in [5, 5.41) is 12.3. The van der Waals surface area contributed by atoms with Crippen LogP contribution in [0.3, 0.4) is 0 Å². The molecule has 12 heteroatoms. The molecular weight excluding hydrogens is 463 g/mol. The number of rotatable bonds is 9. The molecule has 0 unspecified atom stereocenters. The van der Waals surface area contributed by atoms with Crippen molar-refractivity contribution in [3.63, 3.8) is 0 Å². The molecule has 3 rings (SSSR count). The number of sulfonamides is 1. The summed E-state index contributed by atoms with van der Waals surface area (Å²) >= 11 is 0. The van der Waals surface area contributed by atoms with Crippen LogP contribution in [0.5, 0.6) is 0 Å². The minimum atomic E-state index is -4.64. The van der Waals surface area contributed by atoms with Gasteiger partial charge in [-0.25, -0.2) is 13.2 Å². The van der Waals surface area contributed by atoms with Gasteiger partial charge in [-0.15, -0.1) is 0 Å². The van der Waals surface area contributed by atoms with Gasteiger partial charge in [0.05, 0.1) is 30.0 Å². The molecule has 0 aromatic heterocycles. The van der Waals surface area contributed by atoms with Crippen LogP contribution >= 0.6 is 0 Å². The van der Waals surface area contributed by atoms with Gasteiger partial charge in [0.2, 0.25) is 0 Å². The number of carboxylic acids is 1. The van der Waals surface area contributed by atoms with Crippen LogP contribution in [0.15, 0.2) is 47.4 Å². The first kappa shape index (κ1) is 24.8. The maximum atomic E-state index is 13.0. The van der Waals surface area contributed by atoms with E-state index < -0.39 is 27.7 Å². The number of carbonyl (C=O) groups is 1. The Hall–Kier alpha value is -2.83. The standard InChI is InChI=1S/C21H24F3N3O5S/c22-21(23,24)16-3-1-4-17(14-16)26-33(30,31)19-13-15(20(28)29)5-6-18(19)25-7-2-8-27-9-11-32-12-10-27/h1,3-6,13-14,25-26H,2,7-12H2,(H,28,29). The number of nitrogens with zero attached hydrogens (tertiary/aromatic N) is 1. The summed E-state index contributed by atoms with van der Waals surface area (Å²) in [6, 6.07) is 7.33. The zero-order valence-corrected chi connectivity index (χ0v) is 18.4. The van der Waals surface area contributed by atoms with Gasteiger partial charge in [-0.05, 0) is 49.4 Å². The van der Waals surface area contributed by atoms with Crippen LogP contribution in [0, 0.1) is 0 Å². The molecule has 3 N–H and O–H groups in total. The van der Waals surface area contributed by atoms with E-state index in [0.717, 1.165) is 37.8 Å². The van der Waals surface area contributed by atoms with Gasteiger partial charge in [0.1, 0.15) is 4.90 Å². The zero-order chi connectivity index (χ0) is 24.1. The number of carboxylic acid groups (broad SMARTS) is 1. The number of halogens is 3. The molecule has 1 fully saturated rings. The number of hydrogen-bond acceptors (Lipinski definition) is 6. The van der Waals surface area contributed by atoms with E-state index in [9.17, 15) is 31.5 Å². The molecule has 1 heterocycles. The van der Waals surface area contributed by atoms with Crippen molar-refractivity contribution in [2.45, 2.75) is 17.5 Å². The molecule has 2 aromatic carbocycles. The van der Waals surface area contributed by atoms with Gasteiger partial charge < -0.3 is 15.2 Å². The SMILES string of the molecule is O=C(O)c1ccc(NCCCN2CCOCC2)c(S(=O)(=O)Nc2cccc(C(F)(F)F)c2)c1. The molecule has 0 atom stereocenters. The molecule has 0 aliphatic carbocycles. The van der Waals surface area contributed by atoms with Crippen molar-refractivity contribution in [2.24, 2.45) is 0 Å². The lowest BCUT2D eigenvalue weighted by atomic mass is 10.2. The largest absolute Gasteiger partial charge is 0.478 e. The van der Waals surface area contributed by atoms with Gasteiger partial charge >= 0.3 is 12.1 Å². The smallest absolute Gasteiger partial charge is 0.416 e. The van der Waals surface area contributed by atoms with Gasteiger partial charge in [0.25, 0.3) is 10.0 Å². The maximum Gasteiger partial charge on any atom is 0.416 e. The number of hydrogen-bond donors (Lipinski definition) is 3. The number of alkyl halides is 3. The lowest BCUT2D eigenvalue weighted by Crippen LogP contribution is -2.37. The third kappa shape index (κ3) is 6.83. The van der Waals surface area contributed by atoms with E-state index in [2.05, 4.69) is 14.9 Å². The molecule has 8 nitrogen and oxygen atoms in total. The third-order valence-electron chi connectivity index (χ3n) is 5.03. The Morgan fingerprint density at radius 1 is 1.12 bits per heavy atom. The topological polar surface area (TPSA) is 108 Å². The van der Waals surface area contributed by atoms with E-state index in [0.29, 0.717) is 32.2 Å². The number of anilines is 2. The molecule has 0 spiro atoms. The maximum absolute atomic E-state index is 13.0. The van der Waals surface area contributed by atoms with Crippen molar-refractivity contribution in [3.05, 3.63) is 53.6 Å². The molecule has 0 radical (unpaired) electrons. The number of nitrogens with one attached hydrogen (secondary N) is 2. The zero-order valence-electron chi connectivity index (χ0n) is 17.6. The quantitative estimate of drug-likeness (QED) is 0.466. The molecular formula is C21H24F3N3O5S. The molecule has 2 aromatic rings. The van der Waals surface area contributed by atoms with Crippen LogP contribution < -0.4 is 10.0 Å². The summed E-state index contributed by atoms with van der Waals surface area (Å²) in [6.45, 7) is 4.13. The molecule has 1 saturated heterocycles. The highest BCUT2D eigenvalue weighted by molar-refractivity contribution is 7.92. The summed E-state index contributed by atoms with van der Waals surface area (Å²) in [5.74, 6) is -1.33. The first-order valence-corrected chi connectivity index (χ1v) is 11.7. The monoisotopic (exact) mass is 487 g/mol. The Morgan fingerprint density at radius 3 is 2.52 bits per heavy atom. The first-order chi connectivity index (χ1) is 15.6. The molecule has 1 aliphatic heterocycles. The van der Waals surface area contributed by atoms with Crippen LogP contribution in [0.2, 0.25) is 0 Å². The normalized spacial score (nSPS) is 15.2. The number of morpholine rings is 1. The summed E-state index contributed by atoms with van der Waals surface area (Å²) in [5.41, 5.74) is -1.41. The van der Waals surface area contributed by atoms with Gasteiger partial charge in [-0.3, -0.25) is 9.62 Å². The minimum Gasteiger partial charge on any atom is -0.478 e. The number of benzene rings is 2. The highest BCUT2D eigenvalue weighted by Crippen LogP contribution is 2.32. The lowest BCUT2D eigenvalue weighted by molar-refractivity contribution is -0.137. The second-order valence-corrected chi connectivity index (χ2v) is 9.09. The number of ether oxygens (including phenoxy) is 1. The highest BCUT2D eigenvalue weighted by atomic mass is 32.2.